The van der Waals surface area contributed by atoms with Crippen molar-refractivity contribution < 1.29 is 0 Å². The van der Waals surface area contributed by atoms with Gasteiger partial charge >= 0.3 is 0 Å². The van der Waals surface area contributed by atoms with Crippen molar-refractivity contribution in [2.45, 2.75) is 105 Å². The van der Waals surface area contributed by atoms with E-state index in [4.69, 9.17) is 0 Å². The maximum atomic E-state index is 11.1. The van der Waals surface area contributed by atoms with E-state index >= 15 is 0 Å². The lowest BCUT2D eigenvalue weighted by Gasteiger charge is -2.44. The van der Waals surface area contributed by atoms with Gasteiger partial charge in [-0.3, -0.25) is 0 Å². The Bertz CT molecular complexity index is 3220. The quantitative estimate of drug-likeness (QED) is 0.166. The van der Waals surface area contributed by atoms with Gasteiger partial charge in [-0.25, -0.2) is 0 Å². The summed E-state index contributed by atoms with van der Waals surface area (Å²) >= 11 is 0. The minimum atomic E-state index is -0.233. The second-order valence-corrected chi connectivity index (χ2v) is 22.2. The molecule has 4 heteroatoms. The molecule has 0 atom stereocenters. The second-order valence-electron chi connectivity index (χ2n) is 22.2. The third kappa shape index (κ3) is 6.21. The van der Waals surface area contributed by atoms with Gasteiger partial charge in [-0.05, 0) is 147 Å². The maximum absolute atomic E-state index is 11.1. The van der Waals surface area contributed by atoms with Gasteiger partial charge in [0.25, 0.3) is 0 Å². The highest BCUT2D eigenvalue weighted by atomic mass is 14.6. The van der Waals surface area contributed by atoms with Gasteiger partial charge < -0.3 is 0 Å². The van der Waals surface area contributed by atoms with E-state index in [0.717, 1.165) is 55.6 Å². The first kappa shape index (κ1) is 45.6. The molecule has 2 aliphatic carbocycles. The van der Waals surface area contributed by atoms with Gasteiger partial charge in [-0.15, -0.1) is 0 Å². The first-order valence-corrected chi connectivity index (χ1v) is 23.7. The molecule has 334 valence electrons. The summed E-state index contributed by atoms with van der Waals surface area (Å²) in [6.07, 6.45) is 0. The van der Waals surface area contributed by atoms with Gasteiger partial charge in [0.15, 0.2) is 0 Å². The number of benzene rings is 7. The Labute approximate surface area is 403 Å². The van der Waals surface area contributed by atoms with Gasteiger partial charge in [0, 0.05) is 11.1 Å². The molecule has 0 heterocycles. The molecule has 68 heavy (non-hydrogen) atoms. The Balaban J connectivity index is 1.65. The van der Waals surface area contributed by atoms with Crippen LogP contribution in [0, 0.1) is 56.2 Å². The third-order valence-corrected chi connectivity index (χ3v) is 18.3. The molecule has 0 aromatic heterocycles. The van der Waals surface area contributed by atoms with E-state index in [1.165, 1.54) is 22.3 Å². The average molecular weight is 883 g/mol. The molecule has 0 spiro atoms. The van der Waals surface area contributed by atoms with Crippen molar-refractivity contribution in [1.29, 1.82) is 21.0 Å². The molecule has 4 nitrogen and oxygen atoms in total. The molecule has 0 N–H and O–H groups in total. The van der Waals surface area contributed by atoms with Crippen molar-refractivity contribution in [2.24, 2.45) is 10.8 Å². The molecule has 0 radical (unpaired) electrons. The minimum Gasteiger partial charge on any atom is -0.192 e. The molecule has 2 aliphatic rings. The van der Waals surface area contributed by atoms with Crippen LogP contribution in [0.5, 0.6) is 0 Å². The molecule has 0 amide bonds. The van der Waals surface area contributed by atoms with Crippen molar-refractivity contribution >= 4 is 0 Å². The summed E-state index contributed by atoms with van der Waals surface area (Å²) in [4.78, 5) is 0. The molecular formula is C64H58N4. The van der Waals surface area contributed by atoms with Gasteiger partial charge in [-0.1, -0.05) is 180 Å². The fourth-order valence-electron chi connectivity index (χ4n) is 12.0. The molecule has 7 aromatic rings. The third-order valence-electron chi connectivity index (χ3n) is 18.3. The smallest absolute Gasteiger partial charge is 0.0998 e. The monoisotopic (exact) mass is 882 g/mol. The van der Waals surface area contributed by atoms with E-state index in [1.54, 1.807) is 0 Å². The fraction of sp³-hybridized carbons (Fsp3) is 0.281. The number of hydrogen-bond donors (Lipinski definition) is 0. The lowest BCUT2D eigenvalue weighted by molar-refractivity contribution is 0.125. The molecular weight excluding hydrogens is 825 g/mol. The molecule has 0 fully saturated rings. The largest absolute Gasteiger partial charge is 0.192 e. The van der Waals surface area contributed by atoms with Crippen LogP contribution in [0.25, 0.3) is 66.8 Å². The van der Waals surface area contributed by atoms with E-state index in [9.17, 15) is 21.0 Å². The first-order valence-electron chi connectivity index (χ1n) is 23.7. The summed E-state index contributed by atoms with van der Waals surface area (Å²) in [5.41, 5.74) is 16.2. The van der Waals surface area contributed by atoms with Crippen LogP contribution in [0.15, 0.2) is 133 Å². The van der Waals surface area contributed by atoms with Crippen molar-refractivity contribution in [1.82, 2.24) is 0 Å². The molecule has 7 aromatic carbocycles. The highest BCUT2D eigenvalue weighted by Crippen LogP contribution is 2.65. The number of rotatable bonds is 6. The van der Waals surface area contributed by atoms with E-state index in [2.05, 4.69) is 156 Å². The summed E-state index contributed by atoms with van der Waals surface area (Å²) in [5, 5.41) is 43.3. The molecule has 0 bridgehead atoms. The highest BCUT2D eigenvalue weighted by molar-refractivity contribution is 6.16. The molecule has 9 rings (SSSR count). The summed E-state index contributed by atoms with van der Waals surface area (Å²) in [6, 6.07) is 54.9. The van der Waals surface area contributed by atoms with Crippen LogP contribution in [0.2, 0.25) is 0 Å². The zero-order valence-corrected chi connectivity index (χ0v) is 41.5. The van der Waals surface area contributed by atoms with Crippen LogP contribution in [0.1, 0.15) is 128 Å². The fourth-order valence-corrected chi connectivity index (χ4v) is 12.0. The Morgan fingerprint density at radius 2 is 0.618 bits per heavy atom. The van der Waals surface area contributed by atoms with Gasteiger partial charge in [0.2, 0.25) is 0 Å². The number of nitriles is 4. The topological polar surface area (TPSA) is 95.2 Å². The highest BCUT2D eigenvalue weighted by Gasteiger charge is 2.58. The van der Waals surface area contributed by atoms with Gasteiger partial charge in [0.05, 0.1) is 46.5 Å². The lowest BCUT2D eigenvalue weighted by atomic mass is 9.59. The van der Waals surface area contributed by atoms with Crippen molar-refractivity contribution in [3.63, 3.8) is 0 Å². The van der Waals surface area contributed by atoms with Crippen LogP contribution in [-0.2, 0) is 21.7 Å². The molecule has 0 saturated heterocycles. The SMILES string of the molecule is CC1(C)c2ccc(-c3c(-c4ccc5c(c4)C(C)(C)C(C)(C)C5(C)C)c(-c4cccc(C#N)c4)c(-c4ccccc4C#N)c(-c4ccccc4C#N)c3-c3cccc(C#N)c3)cc2C(C)(C)C1(C)C. The second kappa shape index (κ2) is 15.5. The molecule has 0 aliphatic heterocycles. The summed E-state index contributed by atoms with van der Waals surface area (Å²) in [7, 11) is 0. The minimum absolute atomic E-state index is 0.108. The Hall–Kier alpha value is -7.50. The van der Waals surface area contributed by atoms with Crippen LogP contribution < -0.4 is 0 Å². The Kier molecular flexibility index (Phi) is 10.4. The summed E-state index contributed by atoms with van der Waals surface area (Å²) in [5.74, 6) is 0. The van der Waals surface area contributed by atoms with E-state index in [1.807, 2.05) is 84.9 Å². The molecule has 0 unspecified atom stereocenters. The predicted molar refractivity (Wildman–Crippen MR) is 278 cm³/mol. The van der Waals surface area contributed by atoms with Gasteiger partial charge in [-0.2, -0.15) is 21.0 Å². The van der Waals surface area contributed by atoms with E-state index in [0.29, 0.717) is 33.4 Å². The maximum Gasteiger partial charge on any atom is 0.0998 e. The van der Waals surface area contributed by atoms with E-state index < -0.39 is 0 Å². The van der Waals surface area contributed by atoms with Crippen molar-refractivity contribution in [3.05, 3.63) is 178 Å². The van der Waals surface area contributed by atoms with Crippen molar-refractivity contribution in [2.75, 3.05) is 0 Å². The zero-order valence-electron chi connectivity index (χ0n) is 41.5. The van der Waals surface area contributed by atoms with E-state index in [-0.39, 0.29) is 32.5 Å². The summed E-state index contributed by atoms with van der Waals surface area (Å²) < 4.78 is 0. The lowest BCUT2D eigenvalue weighted by Crippen LogP contribution is -2.42. The first-order chi connectivity index (χ1) is 32.1. The number of fused-ring (bicyclic) bond motifs is 2. The number of hydrogen-bond acceptors (Lipinski definition) is 4. The van der Waals surface area contributed by atoms with Crippen LogP contribution in [0.4, 0.5) is 0 Å². The molecule has 0 saturated carbocycles. The summed E-state index contributed by atoms with van der Waals surface area (Å²) in [6.45, 7) is 28.4. The Morgan fingerprint density at radius 3 is 0.971 bits per heavy atom. The van der Waals surface area contributed by atoms with Crippen LogP contribution >= 0.6 is 0 Å². The van der Waals surface area contributed by atoms with Crippen LogP contribution in [-0.4, -0.2) is 0 Å². The Morgan fingerprint density at radius 1 is 0.294 bits per heavy atom. The predicted octanol–water partition coefficient (Wildman–Crippen LogP) is 16.4. The normalized spacial score (nSPS) is 17.2. The van der Waals surface area contributed by atoms with Crippen LogP contribution in [0.3, 0.4) is 0 Å². The van der Waals surface area contributed by atoms with Crippen molar-refractivity contribution in [3.8, 4) is 91.0 Å². The standard InChI is InChI=1S/C64H58N4/c1-59(2)49-29-27-43(33-51(49)61(5,6)63(59,9)10)53-54(44-28-30-50-52(34-44)62(7,8)64(11,12)60(50,3)4)56(42-24-18-20-40(32-42)36-66)58(48-26-16-14-22-46(48)38-68)57(47-25-15-13-21-45(47)37-67)55(53)41-23-17-19-39(31-41)35-65/h13-34H,1-12H3. The zero-order chi connectivity index (χ0) is 48.9. The number of nitrogens with zero attached hydrogens (tertiary/aromatic N) is 4. The van der Waals surface area contributed by atoms with Gasteiger partial charge in [0.1, 0.15) is 0 Å². The average Bonchev–Trinajstić information content (AvgIpc) is 3.52.